The molecule has 0 bridgehead atoms. The van der Waals surface area contributed by atoms with Gasteiger partial charge in [-0.25, -0.2) is 0 Å². The Morgan fingerprint density at radius 3 is 2.30 bits per heavy atom. The van der Waals surface area contributed by atoms with Gasteiger partial charge in [0.25, 0.3) is 0 Å². The SMILES string of the molecule is C#CC1(O)CCC2C3CCC4=Cc5oncc5CC4(C)C3CCC21C.CN(C)CCC=C1c2ccccc2C=Cc2ccccc21.Cl. The Morgan fingerprint density at radius 1 is 0.979 bits per heavy atom. The molecule has 0 saturated heterocycles. The molecule has 0 radical (unpaired) electrons. The Bertz CT molecular complexity index is 1710. The topological polar surface area (TPSA) is 49.5 Å². The number of halogens is 1. The molecule has 246 valence electrons. The van der Waals surface area contributed by atoms with Gasteiger partial charge in [0.1, 0.15) is 5.60 Å². The monoisotopic (exact) mass is 648 g/mol. The summed E-state index contributed by atoms with van der Waals surface area (Å²) in [6.07, 6.45) is 25.3. The fourth-order valence-electron chi connectivity index (χ4n) is 9.92. The highest BCUT2D eigenvalue weighted by Gasteiger charge is 2.63. The largest absolute Gasteiger partial charge is 0.377 e. The van der Waals surface area contributed by atoms with Crippen LogP contribution in [-0.2, 0) is 6.42 Å². The molecule has 0 spiro atoms. The highest BCUT2D eigenvalue weighted by Crippen LogP contribution is 2.67. The lowest BCUT2D eigenvalue weighted by Gasteiger charge is -2.58. The number of rotatable bonds is 3. The van der Waals surface area contributed by atoms with Crippen molar-refractivity contribution in [3.63, 3.8) is 0 Å². The number of fused-ring (bicyclic) bond motifs is 8. The highest BCUT2D eigenvalue weighted by atomic mass is 35.5. The number of hydrogen-bond donors (Lipinski definition) is 1. The van der Waals surface area contributed by atoms with E-state index in [1.165, 1.54) is 39.8 Å². The first-order valence-electron chi connectivity index (χ1n) is 17.2. The minimum Gasteiger partial charge on any atom is -0.377 e. The summed E-state index contributed by atoms with van der Waals surface area (Å²) in [5.74, 6) is 5.64. The smallest absolute Gasteiger partial charge is 0.162 e. The van der Waals surface area contributed by atoms with Crippen LogP contribution in [0.4, 0.5) is 0 Å². The quantitative estimate of drug-likeness (QED) is 0.225. The zero-order valence-electron chi connectivity index (χ0n) is 28.3. The van der Waals surface area contributed by atoms with Crippen LogP contribution >= 0.6 is 12.4 Å². The minimum atomic E-state index is -0.909. The molecule has 8 rings (SSSR count). The summed E-state index contributed by atoms with van der Waals surface area (Å²) in [4.78, 5) is 2.23. The summed E-state index contributed by atoms with van der Waals surface area (Å²) in [6.45, 7) is 5.78. The molecule has 6 unspecified atom stereocenters. The number of terminal acetylenes is 1. The molecule has 5 heteroatoms. The second kappa shape index (κ2) is 12.9. The number of allylic oxidation sites excluding steroid dienone is 1. The number of hydrogen-bond acceptors (Lipinski definition) is 4. The predicted molar refractivity (Wildman–Crippen MR) is 196 cm³/mol. The average molecular weight is 649 g/mol. The van der Waals surface area contributed by atoms with Gasteiger partial charge in [-0.2, -0.15) is 0 Å². The second-order valence-corrected chi connectivity index (χ2v) is 15.1. The molecule has 1 aromatic heterocycles. The van der Waals surface area contributed by atoms with Crippen LogP contribution in [0.15, 0.2) is 70.9 Å². The predicted octanol–water partition coefficient (Wildman–Crippen LogP) is 9.20. The first-order chi connectivity index (χ1) is 22.2. The maximum absolute atomic E-state index is 11.1. The third kappa shape index (κ3) is 5.65. The van der Waals surface area contributed by atoms with E-state index >= 15 is 0 Å². The lowest BCUT2D eigenvalue weighted by molar-refractivity contribution is -0.0975. The van der Waals surface area contributed by atoms with Gasteiger partial charge in [0.05, 0.1) is 6.20 Å². The third-order valence-corrected chi connectivity index (χ3v) is 12.5. The highest BCUT2D eigenvalue weighted by molar-refractivity contribution is 5.93. The Balaban J connectivity index is 0.000000164. The van der Waals surface area contributed by atoms with Crippen molar-refractivity contribution in [1.82, 2.24) is 10.1 Å². The Labute approximate surface area is 287 Å². The Hall–Kier alpha value is -3.36. The van der Waals surface area contributed by atoms with Gasteiger partial charge in [0.2, 0.25) is 0 Å². The maximum atomic E-state index is 11.1. The number of nitrogens with zero attached hydrogens (tertiary/aromatic N) is 2. The van der Waals surface area contributed by atoms with Gasteiger partial charge in [-0.3, -0.25) is 0 Å². The number of benzene rings is 2. The zero-order valence-corrected chi connectivity index (χ0v) is 29.2. The molecule has 0 aliphatic heterocycles. The van der Waals surface area contributed by atoms with Gasteiger partial charge in [-0.05, 0) is 123 Å². The van der Waals surface area contributed by atoms with Crippen LogP contribution in [0.3, 0.4) is 0 Å². The van der Waals surface area contributed by atoms with Crippen LogP contribution in [0.2, 0.25) is 0 Å². The number of aliphatic hydroxyl groups is 1. The van der Waals surface area contributed by atoms with Gasteiger partial charge in [-0.15, -0.1) is 18.8 Å². The van der Waals surface area contributed by atoms with E-state index in [0.717, 1.165) is 57.3 Å². The summed E-state index contributed by atoms with van der Waals surface area (Å²) in [7, 11) is 4.24. The maximum Gasteiger partial charge on any atom is 0.162 e. The van der Waals surface area contributed by atoms with Crippen molar-refractivity contribution in [1.29, 1.82) is 0 Å². The number of aromatic nitrogens is 1. The lowest BCUT2D eigenvalue weighted by Crippen LogP contribution is -2.54. The molecule has 0 amide bonds. The van der Waals surface area contributed by atoms with Crippen molar-refractivity contribution < 1.29 is 9.63 Å². The van der Waals surface area contributed by atoms with Gasteiger partial charge in [0, 0.05) is 17.5 Å². The summed E-state index contributed by atoms with van der Waals surface area (Å²) in [5.41, 5.74) is 8.60. The molecule has 3 aromatic rings. The molecule has 3 fully saturated rings. The van der Waals surface area contributed by atoms with Gasteiger partial charge in [-0.1, -0.05) is 97.3 Å². The van der Waals surface area contributed by atoms with Crippen molar-refractivity contribution in [2.45, 2.75) is 70.8 Å². The van der Waals surface area contributed by atoms with E-state index in [-0.39, 0.29) is 23.2 Å². The molecule has 4 nitrogen and oxygen atoms in total. The average Bonchev–Trinajstić information content (AvgIpc) is 3.57. The van der Waals surface area contributed by atoms with Crippen molar-refractivity contribution in [2.75, 3.05) is 20.6 Å². The van der Waals surface area contributed by atoms with Gasteiger partial charge in [0.15, 0.2) is 5.76 Å². The first kappa shape index (κ1) is 33.5. The first-order valence-corrected chi connectivity index (χ1v) is 17.2. The fraction of sp³-hybridized carbons (Fsp3) is 0.452. The summed E-state index contributed by atoms with van der Waals surface area (Å²) >= 11 is 0. The van der Waals surface area contributed by atoms with Gasteiger partial charge < -0.3 is 14.5 Å². The van der Waals surface area contributed by atoms with Crippen LogP contribution in [0.1, 0.15) is 92.4 Å². The van der Waals surface area contributed by atoms with E-state index in [2.05, 4.69) is 117 Å². The van der Waals surface area contributed by atoms with Crippen LogP contribution < -0.4 is 0 Å². The second-order valence-electron chi connectivity index (χ2n) is 15.1. The molecule has 1 N–H and O–H groups in total. The van der Waals surface area contributed by atoms with Crippen molar-refractivity contribution in [3.8, 4) is 12.3 Å². The molecular weight excluding hydrogens is 600 g/mol. The van der Waals surface area contributed by atoms with Crippen molar-refractivity contribution in [2.24, 2.45) is 28.6 Å². The van der Waals surface area contributed by atoms with Crippen LogP contribution in [0.5, 0.6) is 0 Å². The van der Waals surface area contributed by atoms with Crippen LogP contribution in [0.25, 0.3) is 23.8 Å². The van der Waals surface area contributed by atoms with E-state index < -0.39 is 5.60 Å². The standard InChI is InChI=1S/C22H27NO2.C20H21N.ClH/c1-4-22(24)10-8-18-16-6-5-15-11-19-14(13-23-25-19)12-20(15,2)17(16)7-9-21(18,22)3;1-21(2)15-7-12-20-18-10-5-3-8-16(18)13-14-17-9-4-6-11-19(17)20;/h1,11,13,16-18,24H,5-10,12H2,2-3H3;3-6,8-14H,7,15H2,1-2H3;1H. The van der Waals surface area contributed by atoms with Crippen LogP contribution in [-0.4, -0.2) is 41.4 Å². The van der Waals surface area contributed by atoms with Crippen molar-refractivity contribution >= 4 is 36.2 Å². The zero-order chi connectivity index (χ0) is 32.1. The van der Waals surface area contributed by atoms with E-state index in [1.807, 2.05) is 6.20 Å². The molecule has 5 aliphatic carbocycles. The molecule has 3 saturated carbocycles. The van der Waals surface area contributed by atoms with Crippen molar-refractivity contribution in [3.05, 3.63) is 100.0 Å². The van der Waals surface area contributed by atoms with E-state index in [4.69, 9.17) is 10.9 Å². The summed E-state index contributed by atoms with van der Waals surface area (Å²) < 4.78 is 5.43. The molecular formula is C42H49ClN2O2. The molecule has 47 heavy (non-hydrogen) atoms. The lowest BCUT2D eigenvalue weighted by atomic mass is 9.46. The fourth-order valence-corrected chi connectivity index (χ4v) is 9.92. The van der Waals surface area contributed by atoms with Crippen LogP contribution in [0, 0.1) is 40.9 Å². The Morgan fingerprint density at radius 2 is 1.64 bits per heavy atom. The normalized spacial score (nSPS) is 31.1. The Kier molecular flexibility index (Phi) is 9.22. The molecule has 6 atom stereocenters. The van der Waals surface area contributed by atoms with E-state index in [9.17, 15) is 5.11 Å². The minimum absolute atomic E-state index is 0. The molecule has 5 aliphatic rings. The summed E-state index contributed by atoms with van der Waals surface area (Å²) in [5, 5.41) is 15.1. The molecule has 1 heterocycles. The molecule has 2 aromatic carbocycles. The third-order valence-electron chi connectivity index (χ3n) is 12.5. The van der Waals surface area contributed by atoms with E-state index in [1.54, 1.807) is 5.57 Å². The summed E-state index contributed by atoms with van der Waals surface area (Å²) in [6, 6.07) is 17.3. The van der Waals surface area contributed by atoms with E-state index in [0.29, 0.717) is 17.8 Å². The van der Waals surface area contributed by atoms with Gasteiger partial charge >= 0.3 is 0 Å².